The van der Waals surface area contributed by atoms with Gasteiger partial charge in [0.05, 0.1) is 11.5 Å². The molecule has 0 saturated heterocycles. The molecule has 1 aliphatic heterocycles. The van der Waals surface area contributed by atoms with Crippen LogP contribution in [0.3, 0.4) is 0 Å². The summed E-state index contributed by atoms with van der Waals surface area (Å²) in [6, 6.07) is 22.3. The quantitative estimate of drug-likeness (QED) is 0.603. The molecule has 3 aromatic carbocycles. The Bertz CT molecular complexity index is 1350. The normalized spacial score (nSPS) is 22.3. The van der Waals surface area contributed by atoms with E-state index in [9.17, 15) is 14.4 Å². The molecule has 2 aliphatic rings. The number of guanidine groups is 1. The van der Waals surface area contributed by atoms with Crippen LogP contribution in [0.4, 0.5) is 4.39 Å². The maximum atomic E-state index is 13.9. The van der Waals surface area contributed by atoms with E-state index < -0.39 is 17.3 Å². The molecule has 0 spiro atoms. The van der Waals surface area contributed by atoms with Crippen LogP contribution in [0.2, 0.25) is 0 Å². The van der Waals surface area contributed by atoms with E-state index in [1.165, 1.54) is 35.4 Å². The number of nitrogens with two attached hydrogens (primary N) is 1. The minimum atomic E-state index is -0.942. The first-order chi connectivity index (χ1) is 16.3. The molecule has 5 rings (SSSR count). The number of nitrogens with zero attached hydrogens (tertiary/aromatic N) is 3. The zero-order chi connectivity index (χ0) is 24.0. The van der Waals surface area contributed by atoms with Crippen LogP contribution >= 0.6 is 0 Å². The molecule has 2 atom stereocenters. The van der Waals surface area contributed by atoms with E-state index in [2.05, 4.69) is 12.1 Å². The van der Waals surface area contributed by atoms with E-state index in [0.717, 1.165) is 16.7 Å². The summed E-state index contributed by atoms with van der Waals surface area (Å²) >= 11 is 0. The van der Waals surface area contributed by atoms with Gasteiger partial charge in [-0.1, -0.05) is 48.5 Å². The molecule has 1 saturated carbocycles. The van der Waals surface area contributed by atoms with Crippen LogP contribution in [0.25, 0.3) is 11.1 Å². The van der Waals surface area contributed by atoms with Gasteiger partial charge in [0.1, 0.15) is 17.4 Å². The van der Waals surface area contributed by atoms with Crippen molar-refractivity contribution in [1.82, 2.24) is 4.90 Å². The highest BCUT2D eigenvalue weighted by Crippen LogP contribution is 2.46. The lowest BCUT2D eigenvalue weighted by Crippen LogP contribution is -2.52. The number of hydrogen-bond donors (Lipinski definition) is 1. The first-order valence-corrected chi connectivity index (χ1v) is 11.3. The number of benzene rings is 3. The topological polar surface area (TPSA) is 82.5 Å². The molecule has 3 aromatic rings. The summed E-state index contributed by atoms with van der Waals surface area (Å²) in [5, 5.41) is 9.23. The Morgan fingerprint density at radius 2 is 1.74 bits per heavy atom. The lowest BCUT2D eigenvalue weighted by atomic mass is 9.74. The van der Waals surface area contributed by atoms with E-state index in [1.807, 2.05) is 49.4 Å². The summed E-state index contributed by atoms with van der Waals surface area (Å²) in [6.45, 7) is 1.93. The van der Waals surface area contributed by atoms with Gasteiger partial charge in [-0.25, -0.2) is 9.38 Å². The summed E-state index contributed by atoms with van der Waals surface area (Å²) in [6.07, 6.45) is 2.43. The fourth-order valence-electron chi connectivity index (χ4n) is 4.80. The molecule has 170 valence electrons. The van der Waals surface area contributed by atoms with Crippen LogP contribution in [-0.4, -0.2) is 23.8 Å². The average molecular weight is 453 g/mol. The molecular weight excluding hydrogens is 427 g/mol. The van der Waals surface area contributed by atoms with Gasteiger partial charge in [0.2, 0.25) is 5.91 Å². The first-order valence-electron chi connectivity index (χ1n) is 11.3. The Labute approximate surface area is 198 Å². The van der Waals surface area contributed by atoms with Crippen LogP contribution in [0.5, 0.6) is 0 Å². The van der Waals surface area contributed by atoms with Gasteiger partial charge in [-0.05, 0) is 71.7 Å². The molecule has 0 bridgehead atoms. The fraction of sp³-hybridized carbons (Fsp3) is 0.250. The van der Waals surface area contributed by atoms with Crippen molar-refractivity contribution in [3.63, 3.8) is 0 Å². The Morgan fingerprint density at radius 3 is 2.41 bits per heavy atom. The second-order valence-corrected chi connectivity index (χ2v) is 9.28. The molecule has 2 N–H and O–H groups in total. The van der Waals surface area contributed by atoms with Crippen LogP contribution in [0.1, 0.15) is 53.9 Å². The molecule has 1 amide bonds. The number of halogens is 1. The van der Waals surface area contributed by atoms with Crippen molar-refractivity contribution in [2.45, 2.75) is 37.1 Å². The number of nitriles is 1. The van der Waals surface area contributed by atoms with E-state index >= 15 is 0 Å². The van der Waals surface area contributed by atoms with Crippen molar-refractivity contribution in [2.24, 2.45) is 10.7 Å². The van der Waals surface area contributed by atoms with E-state index in [4.69, 9.17) is 10.7 Å². The molecule has 6 heteroatoms. The number of rotatable bonds is 4. The molecule has 1 aliphatic carbocycles. The van der Waals surface area contributed by atoms with Crippen LogP contribution < -0.4 is 5.73 Å². The zero-order valence-electron chi connectivity index (χ0n) is 19.1. The van der Waals surface area contributed by atoms with Crippen molar-refractivity contribution in [3.8, 4) is 17.2 Å². The average Bonchev–Trinajstić information content (AvgIpc) is 3.69. The number of aliphatic imine (C=N–C) groups is 1. The predicted octanol–water partition coefficient (Wildman–Crippen LogP) is 5.03. The maximum Gasteiger partial charge on any atom is 0.239 e. The van der Waals surface area contributed by atoms with Gasteiger partial charge in [-0.3, -0.25) is 9.69 Å². The van der Waals surface area contributed by atoms with E-state index in [1.54, 1.807) is 13.1 Å². The smallest absolute Gasteiger partial charge is 0.239 e. The maximum absolute atomic E-state index is 13.9. The van der Waals surface area contributed by atoms with Crippen molar-refractivity contribution >= 4 is 11.9 Å². The van der Waals surface area contributed by atoms with Gasteiger partial charge in [0.25, 0.3) is 0 Å². The third-order valence-corrected chi connectivity index (χ3v) is 7.02. The van der Waals surface area contributed by atoms with Crippen LogP contribution in [0, 0.1) is 17.1 Å². The molecule has 1 fully saturated rings. The van der Waals surface area contributed by atoms with E-state index in [-0.39, 0.29) is 17.4 Å². The largest absolute Gasteiger partial charge is 0.369 e. The van der Waals surface area contributed by atoms with Gasteiger partial charge in [0, 0.05) is 7.05 Å². The Morgan fingerprint density at radius 1 is 1.06 bits per heavy atom. The van der Waals surface area contributed by atoms with E-state index in [0.29, 0.717) is 11.5 Å². The van der Waals surface area contributed by atoms with Gasteiger partial charge in [-0.2, -0.15) is 5.26 Å². The van der Waals surface area contributed by atoms with Crippen molar-refractivity contribution in [3.05, 3.63) is 94.8 Å². The third-order valence-electron chi connectivity index (χ3n) is 7.02. The number of hydrogen-bond acceptors (Lipinski definition) is 4. The summed E-state index contributed by atoms with van der Waals surface area (Å²) in [5.74, 6) is -0.437. The minimum Gasteiger partial charge on any atom is -0.369 e. The second-order valence-electron chi connectivity index (χ2n) is 9.28. The number of carbonyl (C=O) groups excluding carboxylic acids is 1. The minimum absolute atomic E-state index is 0.0144. The summed E-state index contributed by atoms with van der Waals surface area (Å²) in [5.41, 5.74) is 9.74. The summed E-state index contributed by atoms with van der Waals surface area (Å²) in [4.78, 5) is 19.7. The van der Waals surface area contributed by atoms with Crippen molar-refractivity contribution < 1.29 is 9.18 Å². The van der Waals surface area contributed by atoms with Gasteiger partial charge >= 0.3 is 0 Å². The molecule has 0 unspecified atom stereocenters. The lowest BCUT2D eigenvalue weighted by Gasteiger charge is -2.41. The Hall–Kier alpha value is -3.98. The zero-order valence-corrected chi connectivity index (χ0v) is 19.1. The van der Waals surface area contributed by atoms with Crippen LogP contribution in [-0.2, 0) is 10.3 Å². The SMILES string of the molecule is CN1C(=O)[C@@H](c2ccc(C3CC3)cc2)[C@@](C)(c2cccc(-c3ccc(F)c(C#N)c3)c2)N=C1N. The van der Waals surface area contributed by atoms with Gasteiger partial charge in [0.15, 0.2) is 5.96 Å². The second kappa shape index (κ2) is 8.11. The molecule has 1 heterocycles. The Balaban J connectivity index is 1.61. The fourth-order valence-corrected chi connectivity index (χ4v) is 4.80. The van der Waals surface area contributed by atoms with Crippen LogP contribution in [0.15, 0.2) is 71.7 Å². The molecule has 0 aromatic heterocycles. The summed E-state index contributed by atoms with van der Waals surface area (Å²) in [7, 11) is 1.64. The number of likely N-dealkylation sites (N-methyl/N-ethyl adjacent to an activating group) is 1. The van der Waals surface area contributed by atoms with Gasteiger partial charge in [-0.15, -0.1) is 0 Å². The number of carbonyl (C=O) groups is 1. The standard InChI is InChI=1S/C28H25FN4O/c1-28(23-5-3-4-20(15-23)21-12-13-24(29)22(14-21)16-30)25(26(34)33(2)27(31)32-28)19-10-8-18(9-11-19)17-6-7-17/h3-5,8-15,17,25H,6-7H2,1-2H3,(H2,31,32)/t25-,28-/m1/s1. The highest BCUT2D eigenvalue weighted by Gasteiger charge is 2.47. The van der Waals surface area contributed by atoms with Crippen molar-refractivity contribution in [2.75, 3.05) is 7.05 Å². The predicted molar refractivity (Wildman–Crippen MR) is 129 cm³/mol. The first kappa shape index (κ1) is 21.8. The lowest BCUT2D eigenvalue weighted by molar-refractivity contribution is -0.130. The monoisotopic (exact) mass is 452 g/mol. The molecule has 34 heavy (non-hydrogen) atoms. The molecule has 0 radical (unpaired) electrons. The molecular formula is C28H25FN4O. The summed E-state index contributed by atoms with van der Waals surface area (Å²) < 4.78 is 13.9. The van der Waals surface area contributed by atoms with Gasteiger partial charge < -0.3 is 5.73 Å². The third kappa shape index (κ3) is 3.63. The highest BCUT2D eigenvalue weighted by molar-refractivity contribution is 6.02. The van der Waals surface area contributed by atoms with Crippen molar-refractivity contribution in [1.29, 1.82) is 5.26 Å². The Kier molecular flexibility index (Phi) is 5.21. The molecule has 5 nitrogen and oxygen atoms in total. The number of amides is 1. The highest BCUT2D eigenvalue weighted by atomic mass is 19.1.